The molecule has 0 aliphatic carbocycles. The van der Waals surface area contributed by atoms with Gasteiger partial charge in [0.2, 0.25) is 0 Å². The molecule has 0 amide bonds. The van der Waals surface area contributed by atoms with Gasteiger partial charge in [-0.05, 0) is 42.5 Å². The molecule has 0 fully saturated rings. The van der Waals surface area contributed by atoms with Gasteiger partial charge in [0.15, 0.2) is 9.84 Å². The Morgan fingerprint density at radius 3 is 1.96 bits per heavy atom. The van der Waals surface area contributed by atoms with E-state index >= 15 is 0 Å². The molecule has 1 atom stereocenters. The third-order valence-corrected chi connectivity index (χ3v) is 5.97. The lowest BCUT2D eigenvalue weighted by atomic mass is 9.86. The molecule has 2 aromatic rings. The van der Waals surface area contributed by atoms with Crippen LogP contribution in [0.5, 0.6) is 0 Å². The minimum Gasteiger partial charge on any atom is -0.300 e. The van der Waals surface area contributed by atoms with E-state index in [1.807, 2.05) is 38.1 Å². The highest BCUT2D eigenvalue weighted by atomic mass is 32.2. The van der Waals surface area contributed by atoms with Crippen LogP contribution in [0.4, 0.5) is 0 Å². The van der Waals surface area contributed by atoms with Gasteiger partial charge in [0.25, 0.3) is 0 Å². The molecular weight excluding hydrogens is 320 g/mol. The number of carbonyl (C=O) groups is 1. The molecule has 3 nitrogen and oxygen atoms in total. The van der Waals surface area contributed by atoms with E-state index in [0.717, 1.165) is 11.1 Å². The Labute approximate surface area is 144 Å². The molecule has 0 aliphatic rings. The molecule has 0 heterocycles. The Kier molecular flexibility index (Phi) is 5.94. The summed E-state index contributed by atoms with van der Waals surface area (Å²) in [6, 6.07) is 16.0. The van der Waals surface area contributed by atoms with Gasteiger partial charge in [-0.1, -0.05) is 56.3 Å². The maximum absolute atomic E-state index is 12.4. The number of ketones is 1. The molecule has 24 heavy (non-hydrogen) atoms. The van der Waals surface area contributed by atoms with Crippen molar-refractivity contribution in [3.63, 3.8) is 0 Å². The van der Waals surface area contributed by atoms with E-state index in [1.54, 1.807) is 37.3 Å². The third kappa shape index (κ3) is 4.78. The molecular formula is C20H24O3S. The van der Waals surface area contributed by atoms with E-state index in [2.05, 4.69) is 0 Å². The lowest BCUT2D eigenvalue weighted by Gasteiger charge is -2.17. The first-order chi connectivity index (χ1) is 11.3. The second kappa shape index (κ2) is 7.75. The van der Waals surface area contributed by atoms with E-state index < -0.39 is 9.84 Å². The molecule has 2 aromatic carbocycles. The van der Waals surface area contributed by atoms with Gasteiger partial charge in [-0.2, -0.15) is 0 Å². The van der Waals surface area contributed by atoms with Crippen molar-refractivity contribution in [1.82, 2.24) is 0 Å². The summed E-state index contributed by atoms with van der Waals surface area (Å²) in [5.41, 5.74) is 1.82. The van der Waals surface area contributed by atoms with Gasteiger partial charge in [0.05, 0.1) is 10.6 Å². The predicted molar refractivity (Wildman–Crippen MR) is 96.5 cm³/mol. The molecule has 0 saturated carbocycles. The molecule has 0 aliphatic heterocycles. The predicted octanol–water partition coefficient (Wildman–Crippen LogP) is 4.06. The summed E-state index contributed by atoms with van der Waals surface area (Å²) >= 11 is 0. The van der Waals surface area contributed by atoms with E-state index in [-0.39, 0.29) is 17.5 Å². The zero-order valence-corrected chi connectivity index (χ0v) is 15.2. The van der Waals surface area contributed by atoms with Crippen LogP contribution in [0.1, 0.15) is 31.9 Å². The molecule has 0 spiro atoms. The minimum absolute atomic E-state index is 0.00361. The number of hydrogen-bond donors (Lipinski definition) is 0. The standard InChI is InChI=1S/C20H24O3S/c1-15(2)20(16(3)21)13-17-9-11-18(12-10-17)14-24(22,23)19-7-5-4-6-8-19/h4-12,15,20H,13-14H2,1-3H3. The Balaban J connectivity index is 2.11. The van der Waals surface area contributed by atoms with Crippen molar-refractivity contribution < 1.29 is 13.2 Å². The third-order valence-electron chi connectivity index (χ3n) is 4.26. The van der Waals surface area contributed by atoms with E-state index in [0.29, 0.717) is 17.2 Å². The van der Waals surface area contributed by atoms with Gasteiger partial charge in [-0.3, -0.25) is 4.79 Å². The first kappa shape index (κ1) is 18.4. The molecule has 2 rings (SSSR count). The van der Waals surface area contributed by atoms with Crippen molar-refractivity contribution in [2.45, 2.75) is 37.8 Å². The first-order valence-electron chi connectivity index (χ1n) is 8.15. The van der Waals surface area contributed by atoms with Crippen molar-refractivity contribution in [3.8, 4) is 0 Å². The summed E-state index contributed by atoms with van der Waals surface area (Å²) in [5.74, 6) is 0.475. The molecule has 0 radical (unpaired) electrons. The number of rotatable bonds is 7. The van der Waals surface area contributed by atoms with Crippen molar-refractivity contribution >= 4 is 15.6 Å². The van der Waals surface area contributed by atoms with Gasteiger partial charge < -0.3 is 0 Å². The minimum atomic E-state index is -3.33. The number of sulfone groups is 1. The highest BCUT2D eigenvalue weighted by Crippen LogP contribution is 2.20. The van der Waals surface area contributed by atoms with E-state index in [1.165, 1.54) is 0 Å². The molecule has 1 unspecified atom stereocenters. The molecule has 0 saturated heterocycles. The lowest BCUT2D eigenvalue weighted by molar-refractivity contribution is -0.121. The zero-order valence-electron chi connectivity index (χ0n) is 14.4. The van der Waals surface area contributed by atoms with Crippen LogP contribution in [-0.2, 0) is 26.8 Å². The lowest BCUT2D eigenvalue weighted by Crippen LogP contribution is -2.20. The Hall–Kier alpha value is -1.94. The average molecular weight is 344 g/mol. The maximum Gasteiger partial charge on any atom is 0.182 e. The quantitative estimate of drug-likeness (QED) is 0.761. The van der Waals surface area contributed by atoms with Crippen LogP contribution in [0.15, 0.2) is 59.5 Å². The Bertz CT molecular complexity index is 775. The summed E-state index contributed by atoms with van der Waals surface area (Å²) in [4.78, 5) is 12.1. The van der Waals surface area contributed by atoms with Gasteiger partial charge in [0, 0.05) is 5.92 Å². The summed E-state index contributed by atoms with van der Waals surface area (Å²) in [5, 5.41) is 0. The largest absolute Gasteiger partial charge is 0.300 e. The summed E-state index contributed by atoms with van der Waals surface area (Å²) in [7, 11) is -3.33. The second-order valence-corrected chi connectivity index (χ2v) is 8.54. The molecule has 128 valence electrons. The van der Waals surface area contributed by atoms with Gasteiger partial charge in [-0.15, -0.1) is 0 Å². The van der Waals surface area contributed by atoms with Gasteiger partial charge >= 0.3 is 0 Å². The normalized spacial score (nSPS) is 13.0. The molecule has 4 heteroatoms. The zero-order chi connectivity index (χ0) is 17.7. The van der Waals surface area contributed by atoms with Crippen LogP contribution in [0.25, 0.3) is 0 Å². The summed E-state index contributed by atoms with van der Waals surface area (Å²) in [6.45, 7) is 5.73. The summed E-state index contributed by atoms with van der Waals surface area (Å²) in [6.07, 6.45) is 0.693. The van der Waals surface area contributed by atoms with Crippen molar-refractivity contribution in [2.75, 3.05) is 0 Å². The average Bonchev–Trinajstić information content (AvgIpc) is 2.54. The fourth-order valence-electron chi connectivity index (χ4n) is 2.80. The van der Waals surface area contributed by atoms with E-state index in [9.17, 15) is 13.2 Å². The fraction of sp³-hybridized carbons (Fsp3) is 0.350. The number of carbonyl (C=O) groups excluding carboxylic acids is 1. The van der Waals surface area contributed by atoms with Crippen molar-refractivity contribution in [1.29, 1.82) is 0 Å². The van der Waals surface area contributed by atoms with E-state index in [4.69, 9.17) is 0 Å². The number of benzene rings is 2. The van der Waals surface area contributed by atoms with Gasteiger partial charge in [-0.25, -0.2) is 8.42 Å². The molecule has 0 aromatic heterocycles. The van der Waals surface area contributed by atoms with Crippen molar-refractivity contribution in [2.24, 2.45) is 11.8 Å². The highest BCUT2D eigenvalue weighted by molar-refractivity contribution is 7.90. The summed E-state index contributed by atoms with van der Waals surface area (Å²) < 4.78 is 24.8. The second-order valence-electron chi connectivity index (χ2n) is 6.55. The van der Waals surface area contributed by atoms with Gasteiger partial charge in [0.1, 0.15) is 5.78 Å². The van der Waals surface area contributed by atoms with Crippen LogP contribution in [0, 0.1) is 11.8 Å². The topological polar surface area (TPSA) is 51.2 Å². The molecule has 0 bridgehead atoms. The van der Waals surface area contributed by atoms with Crippen LogP contribution >= 0.6 is 0 Å². The Morgan fingerprint density at radius 1 is 0.917 bits per heavy atom. The van der Waals surface area contributed by atoms with Crippen LogP contribution in [-0.4, -0.2) is 14.2 Å². The maximum atomic E-state index is 12.4. The smallest absolute Gasteiger partial charge is 0.182 e. The SMILES string of the molecule is CC(=O)C(Cc1ccc(CS(=O)(=O)c2ccccc2)cc1)C(C)C. The highest BCUT2D eigenvalue weighted by Gasteiger charge is 2.19. The number of hydrogen-bond acceptors (Lipinski definition) is 3. The number of Topliss-reactive ketones (excluding diaryl/α,β-unsaturated/α-hetero) is 1. The Morgan fingerprint density at radius 2 is 1.46 bits per heavy atom. The van der Waals surface area contributed by atoms with Crippen LogP contribution in [0.3, 0.4) is 0 Å². The molecule has 0 N–H and O–H groups in total. The fourth-order valence-corrected chi connectivity index (χ4v) is 4.17. The monoisotopic (exact) mass is 344 g/mol. The first-order valence-corrected chi connectivity index (χ1v) is 9.81. The van der Waals surface area contributed by atoms with Crippen LogP contribution in [0.2, 0.25) is 0 Å². The van der Waals surface area contributed by atoms with Crippen LogP contribution < -0.4 is 0 Å². The van der Waals surface area contributed by atoms with Crippen molar-refractivity contribution in [3.05, 3.63) is 65.7 Å².